The summed E-state index contributed by atoms with van der Waals surface area (Å²) in [7, 11) is 2.00. The van der Waals surface area contributed by atoms with Gasteiger partial charge in [0.2, 0.25) is 0 Å². The Bertz CT molecular complexity index is 831. The van der Waals surface area contributed by atoms with E-state index in [0.29, 0.717) is 12.1 Å². The first-order chi connectivity index (χ1) is 11.0. The minimum absolute atomic E-state index is 0.148. The van der Waals surface area contributed by atoms with Crippen LogP contribution in [0.25, 0.3) is 22.0 Å². The van der Waals surface area contributed by atoms with E-state index in [1.165, 1.54) is 6.07 Å². The van der Waals surface area contributed by atoms with Crippen LogP contribution in [0.4, 0.5) is 10.1 Å². The third-order valence-electron chi connectivity index (χ3n) is 4.27. The maximum Gasteiger partial charge on any atom is 0.131 e. The van der Waals surface area contributed by atoms with Crippen LogP contribution in [0.2, 0.25) is 0 Å². The SMILES string of the molecule is Cc1cccc(F)c1-c1cc(NC(C)CN)c2ccn(C)c2c1. The first kappa shape index (κ1) is 15.6. The fourth-order valence-electron chi connectivity index (χ4n) is 2.96. The second kappa shape index (κ2) is 6.05. The zero-order valence-electron chi connectivity index (χ0n) is 13.7. The molecule has 3 N–H and O–H groups in total. The smallest absolute Gasteiger partial charge is 0.131 e. The third kappa shape index (κ3) is 2.82. The molecule has 0 aliphatic carbocycles. The summed E-state index contributed by atoms with van der Waals surface area (Å²) in [5.74, 6) is -0.198. The highest BCUT2D eigenvalue weighted by atomic mass is 19.1. The Balaban J connectivity index is 2.24. The average molecular weight is 311 g/mol. The normalized spacial score (nSPS) is 12.6. The van der Waals surface area contributed by atoms with E-state index in [0.717, 1.165) is 27.7 Å². The van der Waals surface area contributed by atoms with Gasteiger partial charge in [-0.1, -0.05) is 12.1 Å². The lowest BCUT2D eigenvalue weighted by molar-refractivity contribution is 0.630. The monoisotopic (exact) mass is 311 g/mol. The van der Waals surface area contributed by atoms with Crippen LogP contribution in [0.3, 0.4) is 0 Å². The minimum atomic E-state index is -0.198. The van der Waals surface area contributed by atoms with E-state index >= 15 is 0 Å². The van der Waals surface area contributed by atoms with Crippen molar-refractivity contribution in [1.29, 1.82) is 0 Å². The van der Waals surface area contributed by atoms with Gasteiger partial charge in [0.15, 0.2) is 0 Å². The average Bonchev–Trinajstić information content (AvgIpc) is 2.89. The number of rotatable bonds is 4. The highest BCUT2D eigenvalue weighted by molar-refractivity contribution is 5.97. The molecule has 120 valence electrons. The van der Waals surface area contributed by atoms with Crippen LogP contribution in [0.15, 0.2) is 42.6 Å². The molecule has 23 heavy (non-hydrogen) atoms. The molecular weight excluding hydrogens is 289 g/mol. The van der Waals surface area contributed by atoms with Crippen LogP contribution < -0.4 is 11.1 Å². The second-order valence-corrected chi connectivity index (χ2v) is 6.10. The minimum Gasteiger partial charge on any atom is -0.381 e. The Morgan fingerprint density at radius 1 is 1.26 bits per heavy atom. The number of aryl methyl sites for hydroxylation is 2. The Labute approximate surface area is 135 Å². The molecule has 0 amide bonds. The first-order valence-electron chi connectivity index (χ1n) is 7.82. The van der Waals surface area contributed by atoms with Crippen molar-refractivity contribution in [2.75, 3.05) is 11.9 Å². The van der Waals surface area contributed by atoms with Crippen LogP contribution in [0, 0.1) is 12.7 Å². The van der Waals surface area contributed by atoms with Crippen molar-refractivity contribution in [2.24, 2.45) is 12.8 Å². The van der Waals surface area contributed by atoms with Gasteiger partial charge in [-0.3, -0.25) is 0 Å². The number of halogens is 1. The number of nitrogens with one attached hydrogen (secondary N) is 1. The van der Waals surface area contributed by atoms with Crippen LogP contribution in [-0.4, -0.2) is 17.2 Å². The summed E-state index contributed by atoms with van der Waals surface area (Å²) in [6, 6.07) is 11.5. The summed E-state index contributed by atoms with van der Waals surface area (Å²) in [5, 5.41) is 4.55. The Morgan fingerprint density at radius 2 is 2.04 bits per heavy atom. The number of aromatic nitrogens is 1. The van der Waals surface area contributed by atoms with E-state index in [4.69, 9.17) is 5.73 Å². The quantitative estimate of drug-likeness (QED) is 0.763. The highest BCUT2D eigenvalue weighted by Crippen LogP contribution is 2.34. The van der Waals surface area contributed by atoms with Crippen molar-refractivity contribution >= 4 is 16.6 Å². The molecule has 3 rings (SSSR count). The van der Waals surface area contributed by atoms with Crippen molar-refractivity contribution < 1.29 is 4.39 Å². The summed E-state index contributed by atoms with van der Waals surface area (Å²) < 4.78 is 16.4. The zero-order chi connectivity index (χ0) is 16.6. The van der Waals surface area contributed by atoms with E-state index in [9.17, 15) is 4.39 Å². The fourth-order valence-corrected chi connectivity index (χ4v) is 2.96. The number of fused-ring (bicyclic) bond motifs is 1. The van der Waals surface area contributed by atoms with Gasteiger partial charge >= 0.3 is 0 Å². The molecule has 4 heteroatoms. The van der Waals surface area contributed by atoms with Crippen LogP contribution in [0.1, 0.15) is 12.5 Å². The summed E-state index contributed by atoms with van der Waals surface area (Å²) in [5.41, 5.74) is 10.2. The van der Waals surface area contributed by atoms with Gasteiger partial charge in [0.25, 0.3) is 0 Å². The molecule has 3 aromatic rings. The summed E-state index contributed by atoms with van der Waals surface area (Å²) in [4.78, 5) is 0. The van der Waals surface area contributed by atoms with E-state index in [1.807, 2.05) is 49.9 Å². The topological polar surface area (TPSA) is 43.0 Å². The van der Waals surface area contributed by atoms with Crippen molar-refractivity contribution in [2.45, 2.75) is 19.9 Å². The third-order valence-corrected chi connectivity index (χ3v) is 4.27. The van der Waals surface area contributed by atoms with Gasteiger partial charge in [-0.25, -0.2) is 4.39 Å². The zero-order valence-corrected chi connectivity index (χ0v) is 13.7. The van der Waals surface area contributed by atoms with E-state index < -0.39 is 0 Å². The summed E-state index contributed by atoms with van der Waals surface area (Å²) in [6.07, 6.45) is 2.01. The maximum atomic E-state index is 14.4. The van der Waals surface area contributed by atoms with Crippen molar-refractivity contribution in [3.63, 3.8) is 0 Å². The van der Waals surface area contributed by atoms with Crippen molar-refractivity contribution in [3.8, 4) is 11.1 Å². The lowest BCUT2D eigenvalue weighted by Gasteiger charge is -2.17. The molecule has 0 saturated carbocycles. The van der Waals surface area contributed by atoms with E-state index in [-0.39, 0.29) is 11.9 Å². The molecule has 1 unspecified atom stereocenters. The van der Waals surface area contributed by atoms with Crippen LogP contribution >= 0.6 is 0 Å². The molecule has 0 aliphatic heterocycles. The Hall–Kier alpha value is -2.33. The Morgan fingerprint density at radius 3 is 2.74 bits per heavy atom. The maximum absolute atomic E-state index is 14.4. The van der Waals surface area contributed by atoms with E-state index in [2.05, 4.69) is 11.4 Å². The second-order valence-electron chi connectivity index (χ2n) is 6.10. The van der Waals surface area contributed by atoms with Crippen LogP contribution in [0.5, 0.6) is 0 Å². The summed E-state index contributed by atoms with van der Waals surface area (Å²) >= 11 is 0. The van der Waals surface area contributed by atoms with Crippen molar-refractivity contribution in [1.82, 2.24) is 4.57 Å². The van der Waals surface area contributed by atoms with Gasteiger partial charge in [0, 0.05) is 42.5 Å². The molecular formula is C19H22FN3. The molecule has 2 aromatic carbocycles. The molecule has 0 fully saturated rings. The number of nitrogens with two attached hydrogens (primary N) is 1. The molecule has 3 nitrogen and oxygen atoms in total. The van der Waals surface area contributed by atoms with Gasteiger partial charge in [0.05, 0.1) is 5.52 Å². The fraction of sp³-hybridized carbons (Fsp3) is 0.263. The molecule has 0 radical (unpaired) electrons. The standard InChI is InChI=1S/C19H22FN3/c1-12-5-4-6-16(20)19(12)14-9-17(22-13(2)11-21)15-7-8-23(3)18(15)10-14/h4-10,13,22H,11,21H2,1-3H3. The van der Waals surface area contributed by atoms with Gasteiger partial charge in [-0.05, 0) is 49.2 Å². The first-order valence-corrected chi connectivity index (χ1v) is 7.82. The lowest BCUT2D eigenvalue weighted by atomic mass is 9.98. The number of anilines is 1. The number of hydrogen-bond donors (Lipinski definition) is 2. The van der Waals surface area contributed by atoms with Gasteiger partial charge < -0.3 is 15.6 Å². The predicted molar refractivity (Wildman–Crippen MR) is 95.2 cm³/mol. The summed E-state index contributed by atoms with van der Waals surface area (Å²) in [6.45, 7) is 4.51. The van der Waals surface area contributed by atoms with Gasteiger partial charge in [0.1, 0.15) is 5.82 Å². The lowest BCUT2D eigenvalue weighted by Crippen LogP contribution is -2.25. The number of benzene rings is 2. The number of nitrogens with zero attached hydrogens (tertiary/aromatic N) is 1. The molecule has 0 saturated heterocycles. The molecule has 1 heterocycles. The Kier molecular flexibility index (Phi) is 4.09. The predicted octanol–water partition coefficient (Wildman–Crippen LogP) is 4.05. The molecule has 0 spiro atoms. The highest BCUT2D eigenvalue weighted by Gasteiger charge is 2.14. The van der Waals surface area contributed by atoms with Crippen molar-refractivity contribution in [3.05, 3.63) is 54.0 Å². The van der Waals surface area contributed by atoms with Gasteiger partial charge in [-0.2, -0.15) is 0 Å². The number of hydrogen-bond acceptors (Lipinski definition) is 2. The largest absolute Gasteiger partial charge is 0.381 e. The molecule has 0 bridgehead atoms. The van der Waals surface area contributed by atoms with E-state index in [1.54, 1.807) is 6.07 Å². The molecule has 1 atom stereocenters. The molecule has 1 aromatic heterocycles. The van der Waals surface area contributed by atoms with Crippen LogP contribution in [-0.2, 0) is 7.05 Å². The van der Waals surface area contributed by atoms with Gasteiger partial charge in [-0.15, -0.1) is 0 Å². The molecule has 0 aliphatic rings.